The fourth-order valence-electron chi connectivity index (χ4n) is 2.97. The summed E-state index contributed by atoms with van der Waals surface area (Å²) in [5.41, 5.74) is 1.96. The van der Waals surface area contributed by atoms with Crippen molar-refractivity contribution in [3.8, 4) is 6.07 Å². The number of nitrogens with zero attached hydrogens (tertiary/aromatic N) is 4. The van der Waals surface area contributed by atoms with Crippen LogP contribution in [0.4, 0.5) is 11.4 Å². The molecule has 0 saturated carbocycles. The quantitative estimate of drug-likeness (QED) is 0.641. The molecular weight excluding hydrogens is 280 g/mol. The van der Waals surface area contributed by atoms with E-state index in [-0.39, 0.29) is 11.7 Å². The zero-order chi connectivity index (χ0) is 15.5. The molecule has 0 unspecified atom stereocenters. The van der Waals surface area contributed by atoms with Crippen molar-refractivity contribution in [1.82, 2.24) is 4.98 Å². The van der Waals surface area contributed by atoms with Gasteiger partial charge < -0.3 is 4.90 Å². The van der Waals surface area contributed by atoms with Crippen LogP contribution in [-0.2, 0) is 0 Å². The second kappa shape index (κ2) is 5.82. The van der Waals surface area contributed by atoms with Crippen LogP contribution >= 0.6 is 0 Å². The largest absolute Gasteiger partial charge is 0.359 e. The molecule has 0 radical (unpaired) electrons. The number of pyridine rings is 1. The number of hydrogen-bond donors (Lipinski definition) is 0. The maximum atomic E-state index is 11.3. The number of nitriles is 1. The Hall–Kier alpha value is -2.94. The Bertz CT molecular complexity index is 740. The van der Waals surface area contributed by atoms with Crippen molar-refractivity contribution in [1.29, 1.82) is 5.26 Å². The van der Waals surface area contributed by atoms with E-state index in [1.54, 1.807) is 24.5 Å². The Labute approximate surface area is 127 Å². The predicted molar refractivity (Wildman–Crippen MR) is 81.4 cm³/mol. The van der Waals surface area contributed by atoms with Gasteiger partial charge in [0.25, 0.3) is 5.69 Å². The first-order valence-electron chi connectivity index (χ1n) is 7.06. The van der Waals surface area contributed by atoms with E-state index < -0.39 is 4.92 Å². The highest BCUT2D eigenvalue weighted by Gasteiger charge is 2.30. The van der Waals surface area contributed by atoms with Crippen LogP contribution < -0.4 is 4.90 Å². The number of hydrogen-bond acceptors (Lipinski definition) is 5. The van der Waals surface area contributed by atoms with Crippen molar-refractivity contribution < 1.29 is 4.92 Å². The molecule has 110 valence electrons. The van der Waals surface area contributed by atoms with Gasteiger partial charge in [0.15, 0.2) is 0 Å². The Balaban J connectivity index is 2.03. The first-order valence-corrected chi connectivity index (χ1v) is 7.06. The molecule has 1 aromatic heterocycles. The fourth-order valence-corrected chi connectivity index (χ4v) is 2.97. The molecule has 1 saturated heterocycles. The second-order valence-corrected chi connectivity index (χ2v) is 5.20. The topological polar surface area (TPSA) is 83.1 Å². The first-order chi connectivity index (χ1) is 10.7. The van der Waals surface area contributed by atoms with Gasteiger partial charge in [-0.25, -0.2) is 0 Å². The molecule has 1 aliphatic heterocycles. The molecule has 2 heterocycles. The highest BCUT2D eigenvalue weighted by molar-refractivity contribution is 5.67. The lowest BCUT2D eigenvalue weighted by Gasteiger charge is -2.26. The molecular formula is C16H14N4O2. The van der Waals surface area contributed by atoms with Crippen LogP contribution in [0.5, 0.6) is 0 Å². The van der Waals surface area contributed by atoms with Crippen molar-refractivity contribution in [3.05, 3.63) is 64.0 Å². The van der Waals surface area contributed by atoms with Crippen LogP contribution in [0.15, 0.2) is 42.7 Å². The lowest BCUT2D eigenvalue weighted by molar-refractivity contribution is -0.384. The maximum absolute atomic E-state index is 11.3. The van der Waals surface area contributed by atoms with Gasteiger partial charge in [0.2, 0.25) is 0 Å². The second-order valence-electron chi connectivity index (χ2n) is 5.20. The minimum atomic E-state index is -0.419. The Morgan fingerprint density at radius 3 is 2.77 bits per heavy atom. The summed E-state index contributed by atoms with van der Waals surface area (Å²) in [5, 5.41) is 20.3. The molecule has 1 fully saturated rings. The van der Waals surface area contributed by atoms with E-state index in [9.17, 15) is 10.1 Å². The molecule has 1 aliphatic rings. The summed E-state index contributed by atoms with van der Waals surface area (Å²) in [6, 6.07) is 10.6. The van der Waals surface area contributed by atoms with Crippen molar-refractivity contribution in [2.24, 2.45) is 0 Å². The van der Waals surface area contributed by atoms with E-state index in [1.165, 1.54) is 6.07 Å². The van der Waals surface area contributed by atoms with Crippen molar-refractivity contribution in [2.45, 2.75) is 18.9 Å². The third kappa shape index (κ3) is 2.49. The van der Waals surface area contributed by atoms with Gasteiger partial charge in [0, 0.05) is 25.0 Å². The molecule has 0 bridgehead atoms. The summed E-state index contributed by atoms with van der Waals surface area (Å²) in [6.45, 7) is 0.764. The van der Waals surface area contributed by atoms with E-state index in [1.807, 2.05) is 18.2 Å². The molecule has 6 heteroatoms. The molecule has 22 heavy (non-hydrogen) atoms. The highest BCUT2D eigenvalue weighted by Crippen LogP contribution is 2.40. The molecule has 1 aromatic carbocycles. The summed E-state index contributed by atoms with van der Waals surface area (Å²) in [5.74, 6) is 0. The molecule has 3 rings (SSSR count). The normalized spacial score (nSPS) is 17.2. The molecule has 0 spiro atoms. The van der Waals surface area contributed by atoms with E-state index in [0.717, 1.165) is 24.9 Å². The van der Waals surface area contributed by atoms with Crippen LogP contribution in [0.3, 0.4) is 0 Å². The molecule has 0 amide bonds. The highest BCUT2D eigenvalue weighted by atomic mass is 16.6. The zero-order valence-electron chi connectivity index (χ0n) is 11.8. The minimum absolute atomic E-state index is 0.0139. The van der Waals surface area contributed by atoms with Crippen LogP contribution in [0.1, 0.15) is 30.0 Å². The average Bonchev–Trinajstić information content (AvgIpc) is 3.04. The average molecular weight is 294 g/mol. The van der Waals surface area contributed by atoms with Crippen molar-refractivity contribution in [2.75, 3.05) is 11.4 Å². The van der Waals surface area contributed by atoms with Gasteiger partial charge >= 0.3 is 0 Å². The predicted octanol–water partition coefficient (Wildman–Crippen LogP) is 3.20. The van der Waals surface area contributed by atoms with E-state index in [2.05, 4.69) is 9.88 Å². The third-order valence-corrected chi connectivity index (χ3v) is 3.95. The van der Waals surface area contributed by atoms with Gasteiger partial charge in [-0.2, -0.15) is 5.26 Å². The van der Waals surface area contributed by atoms with Gasteiger partial charge in [-0.15, -0.1) is 0 Å². The number of nitro benzene ring substituents is 1. The van der Waals surface area contributed by atoms with Gasteiger partial charge in [0.1, 0.15) is 5.69 Å². The van der Waals surface area contributed by atoms with Crippen molar-refractivity contribution in [3.63, 3.8) is 0 Å². The molecule has 0 N–H and O–H groups in total. The summed E-state index contributed by atoms with van der Waals surface area (Å²) in [4.78, 5) is 17.0. The molecule has 2 aromatic rings. The standard InChI is InChI=1S/C16H14N4O2/c17-11-12-3-4-15(16(10-12)20(21)22)19-9-1-2-14(19)13-5-7-18-8-6-13/h3-8,10,14H,1-2,9H2/t14-/m0/s1. The summed E-state index contributed by atoms with van der Waals surface area (Å²) >= 11 is 0. The van der Waals surface area contributed by atoms with E-state index in [4.69, 9.17) is 5.26 Å². The Morgan fingerprint density at radius 2 is 2.09 bits per heavy atom. The number of rotatable bonds is 3. The smallest absolute Gasteiger partial charge is 0.293 e. The monoisotopic (exact) mass is 294 g/mol. The molecule has 1 atom stereocenters. The van der Waals surface area contributed by atoms with Gasteiger partial charge in [-0.3, -0.25) is 15.1 Å². The number of anilines is 1. The van der Waals surface area contributed by atoms with Gasteiger partial charge in [0.05, 0.1) is 22.6 Å². The maximum Gasteiger partial charge on any atom is 0.293 e. The van der Waals surface area contributed by atoms with Crippen LogP contribution in [-0.4, -0.2) is 16.5 Å². The number of nitro groups is 1. The molecule has 6 nitrogen and oxygen atoms in total. The summed E-state index contributed by atoms with van der Waals surface area (Å²) in [6.07, 6.45) is 5.39. The van der Waals surface area contributed by atoms with Crippen LogP contribution in [0.2, 0.25) is 0 Å². The zero-order valence-corrected chi connectivity index (χ0v) is 11.8. The Kier molecular flexibility index (Phi) is 3.71. The molecule has 0 aliphatic carbocycles. The minimum Gasteiger partial charge on any atom is -0.359 e. The SMILES string of the molecule is N#Cc1ccc(N2CCC[C@H]2c2ccncc2)c([N+](=O)[O-])c1. The van der Waals surface area contributed by atoms with E-state index in [0.29, 0.717) is 11.3 Å². The number of benzene rings is 1. The van der Waals surface area contributed by atoms with E-state index >= 15 is 0 Å². The summed E-state index contributed by atoms with van der Waals surface area (Å²) < 4.78 is 0. The first kappa shape index (κ1) is 14.0. The van der Waals surface area contributed by atoms with Gasteiger partial charge in [-0.1, -0.05) is 0 Å². The summed E-state index contributed by atoms with van der Waals surface area (Å²) in [7, 11) is 0. The lowest BCUT2D eigenvalue weighted by Crippen LogP contribution is -2.23. The van der Waals surface area contributed by atoms with Crippen molar-refractivity contribution >= 4 is 11.4 Å². The lowest BCUT2D eigenvalue weighted by atomic mass is 10.1. The number of aromatic nitrogens is 1. The van der Waals surface area contributed by atoms with Crippen LogP contribution in [0, 0.1) is 21.4 Å². The Morgan fingerprint density at radius 1 is 1.32 bits per heavy atom. The third-order valence-electron chi connectivity index (χ3n) is 3.95. The van der Waals surface area contributed by atoms with Crippen LogP contribution in [0.25, 0.3) is 0 Å². The fraction of sp³-hybridized carbons (Fsp3) is 0.250. The van der Waals surface area contributed by atoms with Gasteiger partial charge in [-0.05, 0) is 42.7 Å².